The van der Waals surface area contributed by atoms with Gasteiger partial charge in [-0.05, 0) is 37.8 Å². The fourth-order valence-electron chi connectivity index (χ4n) is 2.69. The number of rotatable bonds is 4. The molecule has 106 valence electrons. The third-order valence-electron chi connectivity index (χ3n) is 3.86. The van der Waals surface area contributed by atoms with Crippen LogP contribution in [0.25, 0.3) is 11.5 Å². The Morgan fingerprint density at radius 3 is 2.90 bits per heavy atom. The fourth-order valence-corrected chi connectivity index (χ4v) is 2.69. The third kappa shape index (κ3) is 2.21. The number of methoxy groups -OCH3 is 1. The van der Waals surface area contributed by atoms with Gasteiger partial charge >= 0.3 is 0 Å². The maximum absolute atomic E-state index is 9.12. The average Bonchev–Trinajstić information content (AvgIpc) is 3.17. The number of hydrogen-bond donors (Lipinski definition) is 1. The zero-order chi connectivity index (χ0) is 14.0. The van der Waals surface area contributed by atoms with Gasteiger partial charge in [-0.2, -0.15) is 4.98 Å². The lowest BCUT2D eigenvalue weighted by atomic mass is 10.0. The second-order valence-corrected chi connectivity index (χ2v) is 5.02. The van der Waals surface area contributed by atoms with Crippen LogP contribution in [0.3, 0.4) is 0 Å². The molecule has 0 unspecified atom stereocenters. The molecular weight excluding hydrogens is 258 g/mol. The summed E-state index contributed by atoms with van der Waals surface area (Å²) in [5.74, 6) is 1.04. The molecule has 0 spiro atoms. The molecule has 2 aromatic heterocycles. The van der Waals surface area contributed by atoms with Crippen molar-refractivity contribution in [3.63, 3.8) is 0 Å². The molecule has 0 bridgehead atoms. The fraction of sp³-hybridized carbons (Fsp3) is 0.500. The molecule has 2 aromatic rings. The molecule has 3 rings (SSSR count). The monoisotopic (exact) mass is 275 g/mol. The number of nitrogens with zero attached hydrogens (tertiary/aromatic N) is 3. The molecule has 1 N–H and O–H groups in total. The molecule has 0 atom stereocenters. The minimum absolute atomic E-state index is 0.114. The molecule has 1 aliphatic carbocycles. The number of aliphatic hydroxyl groups is 1. The highest BCUT2D eigenvalue weighted by Crippen LogP contribution is 2.40. The Bertz CT molecular complexity index is 591. The van der Waals surface area contributed by atoms with Crippen molar-refractivity contribution in [2.24, 2.45) is 0 Å². The van der Waals surface area contributed by atoms with Crippen molar-refractivity contribution in [2.45, 2.75) is 37.9 Å². The molecule has 1 aliphatic rings. The Morgan fingerprint density at radius 1 is 1.40 bits per heavy atom. The van der Waals surface area contributed by atoms with Crippen LogP contribution in [0, 0.1) is 0 Å². The van der Waals surface area contributed by atoms with Crippen LogP contribution in [0.5, 0.6) is 0 Å². The first kappa shape index (κ1) is 13.2. The number of pyridine rings is 1. The normalized spacial score (nSPS) is 17.5. The van der Waals surface area contributed by atoms with Crippen molar-refractivity contribution < 1.29 is 14.4 Å². The van der Waals surface area contributed by atoms with Gasteiger partial charge in [0.15, 0.2) is 0 Å². The van der Waals surface area contributed by atoms with E-state index in [-0.39, 0.29) is 6.61 Å². The number of ether oxygens (including phenoxy) is 1. The van der Waals surface area contributed by atoms with Gasteiger partial charge in [-0.3, -0.25) is 4.98 Å². The lowest BCUT2D eigenvalue weighted by Crippen LogP contribution is -2.25. The Kier molecular flexibility index (Phi) is 3.50. The molecule has 0 aromatic carbocycles. The molecule has 0 saturated heterocycles. The minimum atomic E-state index is -0.408. The van der Waals surface area contributed by atoms with E-state index < -0.39 is 5.60 Å². The summed E-state index contributed by atoms with van der Waals surface area (Å²) in [6.45, 7) is -0.114. The van der Waals surface area contributed by atoms with Gasteiger partial charge in [0.2, 0.25) is 5.82 Å². The summed E-state index contributed by atoms with van der Waals surface area (Å²) in [6, 6.07) is 3.52. The van der Waals surface area contributed by atoms with E-state index in [1.54, 1.807) is 25.4 Å². The highest BCUT2D eigenvalue weighted by Gasteiger charge is 2.40. The van der Waals surface area contributed by atoms with Crippen LogP contribution < -0.4 is 0 Å². The van der Waals surface area contributed by atoms with E-state index in [2.05, 4.69) is 15.1 Å². The van der Waals surface area contributed by atoms with Gasteiger partial charge in [-0.1, -0.05) is 5.16 Å². The molecule has 0 amide bonds. The van der Waals surface area contributed by atoms with E-state index in [1.807, 2.05) is 0 Å². The largest absolute Gasteiger partial charge is 0.390 e. The second-order valence-electron chi connectivity index (χ2n) is 5.02. The van der Waals surface area contributed by atoms with Crippen LogP contribution in [0.1, 0.15) is 37.2 Å². The Morgan fingerprint density at radius 2 is 2.20 bits per heavy atom. The van der Waals surface area contributed by atoms with Crippen LogP contribution in [0.2, 0.25) is 0 Å². The predicted molar refractivity (Wildman–Crippen MR) is 70.6 cm³/mol. The molecular formula is C14H17N3O3. The SMILES string of the molecule is COC1(c2noc(-c3ccnc(CO)c3)n2)CCCC1. The lowest BCUT2D eigenvalue weighted by molar-refractivity contribution is -0.0178. The smallest absolute Gasteiger partial charge is 0.258 e. The van der Waals surface area contributed by atoms with Crippen LogP contribution in [0.15, 0.2) is 22.9 Å². The maximum atomic E-state index is 9.12. The van der Waals surface area contributed by atoms with E-state index in [0.29, 0.717) is 17.4 Å². The van der Waals surface area contributed by atoms with Crippen LogP contribution in [-0.2, 0) is 16.9 Å². The van der Waals surface area contributed by atoms with E-state index in [0.717, 1.165) is 31.2 Å². The average molecular weight is 275 g/mol. The zero-order valence-electron chi connectivity index (χ0n) is 11.4. The molecule has 1 saturated carbocycles. The minimum Gasteiger partial charge on any atom is -0.390 e. The molecule has 0 radical (unpaired) electrons. The van der Waals surface area contributed by atoms with Crippen molar-refractivity contribution in [1.82, 2.24) is 15.1 Å². The van der Waals surface area contributed by atoms with Crippen molar-refractivity contribution in [3.05, 3.63) is 29.8 Å². The van der Waals surface area contributed by atoms with E-state index in [4.69, 9.17) is 14.4 Å². The molecule has 2 heterocycles. The Balaban J connectivity index is 1.93. The summed E-state index contributed by atoms with van der Waals surface area (Å²) < 4.78 is 11.0. The van der Waals surface area contributed by atoms with Gasteiger partial charge in [0.1, 0.15) is 5.60 Å². The Labute approximate surface area is 116 Å². The standard InChI is InChI=1S/C14H17N3O3/c1-19-14(5-2-3-6-14)13-16-12(20-17-13)10-4-7-15-11(8-10)9-18/h4,7-8,18H,2-3,5-6,9H2,1H3. The number of hydrogen-bond acceptors (Lipinski definition) is 6. The predicted octanol–water partition coefficient (Wildman–Crippen LogP) is 2.04. The third-order valence-corrected chi connectivity index (χ3v) is 3.86. The molecule has 6 nitrogen and oxygen atoms in total. The van der Waals surface area contributed by atoms with E-state index in [1.165, 1.54) is 0 Å². The van der Waals surface area contributed by atoms with Gasteiger partial charge in [0.25, 0.3) is 5.89 Å². The van der Waals surface area contributed by atoms with Crippen molar-refractivity contribution in [2.75, 3.05) is 7.11 Å². The van der Waals surface area contributed by atoms with Gasteiger partial charge < -0.3 is 14.4 Å². The summed E-state index contributed by atoms with van der Waals surface area (Å²) >= 11 is 0. The van der Waals surface area contributed by atoms with Crippen LogP contribution in [-0.4, -0.2) is 27.3 Å². The molecule has 20 heavy (non-hydrogen) atoms. The maximum Gasteiger partial charge on any atom is 0.258 e. The first-order chi connectivity index (χ1) is 9.77. The zero-order valence-corrected chi connectivity index (χ0v) is 11.4. The van der Waals surface area contributed by atoms with Gasteiger partial charge in [0.05, 0.1) is 12.3 Å². The number of aliphatic hydroxyl groups excluding tert-OH is 1. The van der Waals surface area contributed by atoms with E-state index >= 15 is 0 Å². The first-order valence-corrected chi connectivity index (χ1v) is 6.73. The van der Waals surface area contributed by atoms with Crippen molar-refractivity contribution in [1.29, 1.82) is 0 Å². The van der Waals surface area contributed by atoms with Crippen molar-refractivity contribution >= 4 is 0 Å². The highest BCUT2D eigenvalue weighted by atomic mass is 16.5. The summed E-state index contributed by atoms with van der Waals surface area (Å²) in [5.41, 5.74) is 0.922. The van der Waals surface area contributed by atoms with Crippen molar-refractivity contribution in [3.8, 4) is 11.5 Å². The Hall–Kier alpha value is -1.79. The molecule has 1 fully saturated rings. The molecule has 0 aliphatic heterocycles. The van der Waals surface area contributed by atoms with Gasteiger partial charge in [-0.15, -0.1) is 0 Å². The lowest BCUT2D eigenvalue weighted by Gasteiger charge is -2.22. The summed E-state index contributed by atoms with van der Waals surface area (Å²) in [7, 11) is 1.69. The number of aromatic nitrogens is 3. The molecule has 6 heteroatoms. The summed E-state index contributed by atoms with van der Waals surface area (Å²) in [6.07, 6.45) is 5.68. The van der Waals surface area contributed by atoms with E-state index in [9.17, 15) is 0 Å². The summed E-state index contributed by atoms with van der Waals surface area (Å²) in [4.78, 5) is 8.50. The quantitative estimate of drug-likeness (QED) is 0.919. The summed E-state index contributed by atoms with van der Waals surface area (Å²) in [5, 5.41) is 13.2. The first-order valence-electron chi connectivity index (χ1n) is 6.73. The van der Waals surface area contributed by atoms with Gasteiger partial charge in [0, 0.05) is 18.9 Å². The van der Waals surface area contributed by atoms with Crippen LogP contribution >= 0.6 is 0 Å². The second kappa shape index (κ2) is 5.30. The van der Waals surface area contributed by atoms with Crippen LogP contribution in [0.4, 0.5) is 0 Å². The van der Waals surface area contributed by atoms with Gasteiger partial charge in [-0.25, -0.2) is 0 Å². The highest BCUT2D eigenvalue weighted by molar-refractivity contribution is 5.52. The topological polar surface area (TPSA) is 81.3 Å².